The molecule has 3 aromatic rings. The van der Waals surface area contributed by atoms with E-state index in [1.54, 1.807) is 39.8 Å². The van der Waals surface area contributed by atoms with Crippen LogP contribution >= 0.6 is 0 Å². The van der Waals surface area contributed by atoms with Crippen molar-refractivity contribution in [1.29, 1.82) is 0 Å². The summed E-state index contributed by atoms with van der Waals surface area (Å²) >= 11 is 0. The van der Waals surface area contributed by atoms with Gasteiger partial charge in [-0.1, -0.05) is 10.4 Å². The summed E-state index contributed by atoms with van der Waals surface area (Å²) in [6, 6.07) is 1.59. The van der Waals surface area contributed by atoms with Gasteiger partial charge in [-0.05, 0) is 25.3 Å². The zero-order chi connectivity index (χ0) is 22.5. The minimum absolute atomic E-state index is 0.0671. The van der Waals surface area contributed by atoms with Crippen LogP contribution in [-0.4, -0.2) is 79.5 Å². The Hall–Kier alpha value is -3.54. The first kappa shape index (κ1) is 21.7. The summed E-state index contributed by atoms with van der Waals surface area (Å²) in [5.41, 5.74) is 1.55. The van der Waals surface area contributed by atoms with Gasteiger partial charge in [-0.3, -0.25) is 14.3 Å². The Morgan fingerprint density at radius 1 is 1.28 bits per heavy atom. The van der Waals surface area contributed by atoms with Crippen LogP contribution < -0.4 is 5.32 Å². The summed E-state index contributed by atoms with van der Waals surface area (Å²) in [6.07, 6.45) is 6.95. The molecule has 1 aliphatic rings. The lowest BCUT2D eigenvalue weighted by Crippen LogP contribution is -2.38. The number of hydrogen-bond acceptors (Lipinski definition) is 8. The number of rotatable bonds is 9. The Morgan fingerprint density at radius 3 is 2.94 bits per heavy atom. The second-order valence-electron chi connectivity index (χ2n) is 7.76. The average molecular weight is 442 g/mol. The Labute approximate surface area is 184 Å². The molecule has 1 N–H and O–H groups in total. The normalized spacial score (nSPS) is 15.9. The van der Waals surface area contributed by atoms with Crippen LogP contribution in [0.2, 0.25) is 0 Å². The highest BCUT2D eigenvalue weighted by Gasteiger charge is 2.32. The molecule has 0 spiro atoms. The molecule has 1 aliphatic heterocycles. The molecule has 32 heavy (non-hydrogen) atoms. The number of nitrogens with one attached hydrogen (secondary N) is 1. The molecule has 1 fully saturated rings. The van der Waals surface area contributed by atoms with Crippen molar-refractivity contribution in [1.82, 2.24) is 40.1 Å². The topological polar surface area (TPSA) is 133 Å². The van der Waals surface area contributed by atoms with Crippen LogP contribution in [0.1, 0.15) is 45.1 Å². The molecule has 0 unspecified atom stereocenters. The predicted octanol–water partition coefficient (Wildman–Crippen LogP) is 0.500. The highest BCUT2D eigenvalue weighted by molar-refractivity contribution is 5.93. The highest BCUT2D eigenvalue weighted by atomic mass is 16.5. The number of aromatic nitrogens is 6. The van der Waals surface area contributed by atoms with Gasteiger partial charge in [0.2, 0.25) is 0 Å². The van der Waals surface area contributed by atoms with Crippen molar-refractivity contribution >= 4 is 11.8 Å². The van der Waals surface area contributed by atoms with E-state index >= 15 is 0 Å². The lowest BCUT2D eigenvalue weighted by atomic mass is 10.2. The number of methoxy groups -OCH3 is 1. The molecule has 0 saturated carbocycles. The maximum atomic E-state index is 13.0. The first-order valence-corrected chi connectivity index (χ1v) is 10.5. The maximum Gasteiger partial charge on any atom is 0.276 e. The molecule has 12 heteroatoms. The van der Waals surface area contributed by atoms with E-state index in [0.717, 1.165) is 18.4 Å². The minimum Gasteiger partial charge on any atom is -0.383 e. The molecule has 1 saturated heterocycles. The summed E-state index contributed by atoms with van der Waals surface area (Å²) in [6.45, 7) is 4.26. The molecule has 0 aromatic carbocycles. The number of amides is 2. The van der Waals surface area contributed by atoms with Crippen LogP contribution in [-0.2, 0) is 17.8 Å². The number of likely N-dealkylation sites (tertiary alicyclic amines) is 1. The van der Waals surface area contributed by atoms with Gasteiger partial charge in [-0.2, -0.15) is 5.10 Å². The molecule has 170 valence electrons. The number of ether oxygens (including phenoxy) is 1. The third-order valence-electron chi connectivity index (χ3n) is 5.26. The van der Waals surface area contributed by atoms with Crippen molar-refractivity contribution in [3.05, 3.63) is 47.4 Å². The van der Waals surface area contributed by atoms with E-state index in [0.29, 0.717) is 38.5 Å². The molecular weight excluding hydrogens is 416 g/mol. The first-order valence-electron chi connectivity index (χ1n) is 10.5. The molecule has 3 aromatic heterocycles. The van der Waals surface area contributed by atoms with Gasteiger partial charge in [0.05, 0.1) is 31.6 Å². The smallest absolute Gasteiger partial charge is 0.276 e. The Balaban J connectivity index is 1.36. The third kappa shape index (κ3) is 5.02. The maximum absolute atomic E-state index is 13.0. The lowest BCUT2D eigenvalue weighted by Gasteiger charge is -2.23. The second-order valence-corrected chi connectivity index (χ2v) is 7.76. The zero-order valence-corrected chi connectivity index (χ0v) is 18.1. The quantitative estimate of drug-likeness (QED) is 0.474. The van der Waals surface area contributed by atoms with Gasteiger partial charge in [0.25, 0.3) is 11.8 Å². The molecule has 0 aliphatic carbocycles. The van der Waals surface area contributed by atoms with E-state index in [1.165, 1.54) is 0 Å². The van der Waals surface area contributed by atoms with Crippen molar-refractivity contribution in [2.24, 2.45) is 0 Å². The zero-order valence-electron chi connectivity index (χ0n) is 18.1. The van der Waals surface area contributed by atoms with Crippen LogP contribution in [0, 0.1) is 6.92 Å². The summed E-state index contributed by atoms with van der Waals surface area (Å²) in [4.78, 5) is 26.9. The highest BCUT2D eigenvalue weighted by Crippen LogP contribution is 2.21. The van der Waals surface area contributed by atoms with Crippen LogP contribution in [0.3, 0.4) is 0 Å². The predicted molar refractivity (Wildman–Crippen MR) is 111 cm³/mol. The van der Waals surface area contributed by atoms with E-state index in [9.17, 15) is 9.59 Å². The molecule has 4 heterocycles. The first-order chi connectivity index (χ1) is 15.5. The molecule has 4 rings (SSSR count). The standard InChI is InChI=1S/C20H26N8O4/c1-14-9-22-26(10-14)12-16-8-17(24-32-16)20(30)28-6-3-4-15(28)11-27-13-18(23-25-27)19(29)21-5-7-31-2/h8-10,13,15H,3-7,11-12H2,1-2H3,(H,21,29)/t15-/m0/s1. The van der Waals surface area contributed by atoms with Gasteiger partial charge >= 0.3 is 0 Å². The molecular formula is C20H26N8O4. The summed E-state index contributed by atoms with van der Waals surface area (Å²) in [5, 5.41) is 18.9. The second kappa shape index (κ2) is 9.73. The number of carbonyl (C=O) groups is 2. The number of hydrogen-bond donors (Lipinski definition) is 1. The van der Waals surface area contributed by atoms with E-state index < -0.39 is 0 Å². The van der Waals surface area contributed by atoms with E-state index in [4.69, 9.17) is 9.26 Å². The Bertz CT molecular complexity index is 1070. The molecule has 0 bridgehead atoms. The van der Waals surface area contributed by atoms with Gasteiger partial charge in [-0.15, -0.1) is 5.10 Å². The van der Waals surface area contributed by atoms with E-state index in [1.807, 2.05) is 13.1 Å². The van der Waals surface area contributed by atoms with Crippen molar-refractivity contribution in [2.45, 2.75) is 38.9 Å². The largest absolute Gasteiger partial charge is 0.383 e. The van der Waals surface area contributed by atoms with Crippen molar-refractivity contribution in [3.63, 3.8) is 0 Å². The Kier molecular flexibility index (Phi) is 6.59. The van der Waals surface area contributed by atoms with Gasteiger partial charge in [0, 0.05) is 32.5 Å². The number of carbonyl (C=O) groups excluding carboxylic acids is 2. The Morgan fingerprint density at radius 2 is 2.16 bits per heavy atom. The average Bonchev–Trinajstić information content (AvgIpc) is 3.57. The SMILES string of the molecule is COCCNC(=O)c1cn(C[C@@H]2CCCN2C(=O)c2cc(Cn3cc(C)cn3)on2)nn1. The third-order valence-corrected chi connectivity index (χ3v) is 5.26. The van der Waals surface area contributed by atoms with Gasteiger partial charge in [0.1, 0.15) is 6.54 Å². The number of nitrogens with zero attached hydrogens (tertiary/aromatic N) is 7. The van der Waals surface area contributed by atoms with Crippen LogP contribution in [0.4, 0.5) is 0 Å². The molecule has 12 nitrogen and oxygen atoms in total. The summed E-state index contributed by atoms with van der Waals surface area (Å²) < 4.78 is 13.6. The van der Waals surface area contributed by atoms with Crippen molar-refractivity contribution in [2.75, 3.05) is 26.8 Å². The van der Waals surface area contributed by atoms with Gasteiger partial charge in [0.15, 0.2) is 17.1 Å². The fourth-order valence-corrected chi connectivity index (χ4v) is 3.71. The van der Waals surface area contributed by atoms with Crippen molar-refractivity contribution < 1.29 is 18.8 Å². The fraction of sp³-hybridized carbons (Fsp3) is 0.500. The van der Waals surface area contributed by atoms with E-state index in [-0.39, 0.29) is 29.2 Å². The van der Waals surface area contributed by atoms with Crippen LogP contribution in [0.5, 0.6) is 0 Å². The summed E-state index contributed by atoms with van der Waals surface area (Å²) in [7, 11) is 1.57. The van der Waals surface area contributed by atoms with E-state index in [2.05, 4.69) is 25.9 Å². The monoisotopic (exact) mass is 442 g/mol. The molecule has 1 atom stereocenters. The molecule has 0 radical (unpaired) electrons. The number of aryl methyl sites for hydroxylation is 1. The van der Waals surface area contributed by atoms with Crippen LogP contribution in [0.15, 0.2) is 29.2 Å². The molecule has 2 amide bonds. The van der Waals surface area contributed by atoms with Gasteiger partial charge < -0.3 is 19.5 Å². The van der Waals surface area contributed by atoms with Gasteiger partial charge in [-0.25, -0.2) is 4.68 Å². The minimum atomic E-state index is -0.310. The van der Waals surface area contributed by atoms with Crippen LogP contribution in [0.25, 0.3) is 0 Å². The fourth-order valence-electron chi connectivity index (χ4n) is 3.71. The lowest BCUT2D eigenvalue weighted by molar-refractivity contribution is 0.0710. The summed E-state index contributed by atoms with van der Waals surface area (Å²) in [5.74, 6) is 0.0690. The van der Waals surface area contributed by atoms with Crippen molar-refractivity contribution in [3.8, 4) is 0 Å².